The monoisotopic (exact) mass is 492 g/mol. The predicted octanol–water partition coefficient (Wildman–Crippen LogP) is 5.37. The summed E-state index contributed by atoms with van der Waals surface area (Å²) in [5.74, 6) is 0.249. The summed E-state index contributed by atoms with van der Waals surface area (Å²) in [6.45, 7) is 0. The van der Waals surface area contributed by atoms with Gasteiger partial charge >= 0.3 is 0 Å². The lowest BCUT2D eigenvalue weighted by Gasteiger charge is -2.13. The van der Waals surface area contributed by atoms with E-state index >= 15 is 0 Å². The van der Waals surface area contributed by atoms with Crippen LogP contribution in [0.3, 0.4) is 0 Å². The highest BCUT2D eigenvalue weighted by Crippen LogP contribution is 2.37. The van der Waals surface area contributed by atoms with Gasteiger partial charge in [-0.3, -0.25) is 9.71 Å². The standard InChI is InChI=1S/C24H17FN4O3S2/c1-32-22-13-16(15-3-2-4-18(25)11-15)5-7-21(22)23-20-8-6-19(12-17(20)9-10-26-23)34(30,31)29-24-28-27-14-33-24/h2-14H,1H3,(H,28,29). The van der Waals surface area contributed by atoms with Crippen LogP contribution >= 0.6 is 11.3 Å². The van der Waals surface area contributed by atoms with E-state index in [9.17, 15) is 12.8 Å². The first-order valence-corrected chi connectivity index (χ1v) is 12.4. The molecule has 0 radical (unpaired) electrons. The van der Waals surface area contributed by atoms with Crippen LogP contribution in [-0.2, 0) is 10.0 Å². The number of halogens is 1. The van der Waals surface area contributed by atoms with Gasteiger partial charge in [0.2, 0.25) is 5.13 Å². The molecule has 0 bridgehead atoms. The summed E-state index contributed by atoms with van der Waals surface area (Å²) in [5, 5.41) is 9.02. The second-order valence-electron chi connectivity index (χ2n) is 7.32. The number of benzene rings is 3. The molecule has 7 nitrogen and oxygen atoms in total. The molecule has 170 valence electrons. The van der Waals surface area contributed by atoms with Gasteiger partial charge in [0.1, 0.15) is 17.1 Å². The summed E-state index contributed by atoms with van der Waals surface area (Å²) in [4.78, 5) is 4.63. The van der Waals surface area contributed by atoms with Gasteiger partial charge in [-0.05, 0) is 59.0 Å². The van der Waals surface area contributed by atoms with Crippen LogP contribution < -0.4 is 9.46 Å². The summed E-state index contributed by atoms with van der Waals surface area (Å²) in [6.07, 6.45) is 1.62. The first-order chi connectivity index (χ1) is 16.4. The maximum Gasteiger partial charge on any atom is 0.263 e. The van der Waals surface area contributed by atoms with Crippen molar-refractivity contribution in [3.8, 4) is 28.1 Å². The number of aromatic nitrogens is 3. The third-order valence-electron chi connectivity index (χ3n) is 5.24. The molecule has 0 spiro atoms. The number of anilines is 1. The molecular formula is C24H17FN4O3S2. The summed E-state index contributed by atoms with van der Waals surface area (Å²) in [6, 6.07) is 18.5. The zero-order valence-corrected chi connectivity index (χ0v) is 19.4. The molecule has 5 aromatic rings. The third-order valence-corrected chi connectivity index (χ3v) is 7.31. The smallest absolute Gasteiger partial charge is 0.263 e. The average Bonchev–Trinajstić information content (AvgIpc) is 3.35. The fourth-order valence-electron chi connectivity index (χ4n) is 3.66. The minimum atomic E-state index is -3.82. The Labute approximate surface area is 199 Å². The van der Waals surface area contributed by atoms with Gasteiger partial charge in [-0.25, -0.2) is 12.8 Å². The zero-order chi connectivity index (χ0) is 23.7. The molecule has 0 amide bonds. The molecule has 0 atom stereocenters. The average molecular weight is 493 g/mol. The Kier molecular flexibility index (Phi) is 5.68. The van der Waals surface area contributed by atoms with Gasteiger partial charge in [0, 0.05) is 17.1 Å². The summed E-state index contributed by atoms with van der Waals surface area (Å²) >= 11 is 1.09. The SMILES string of the molecule is COc1cc(-c2cccc(F)c2)ccc1-c1nccc2cc(S(=O)(=O)Nc3nncs3)ccc12. The highest BCUT2D eigenvalue weighted by atomic mass is 32.2. The van der Waals surface area contributed by atoms with Crippen molar-refractivity contribution >= 4 is 37.3 Å². The van der Waals surface area contributed by atoms with Crippen molar-refractivity contribution < 1.29 is 17.5 Å². The van der Waals surface area contributed by atoms with Crippen LogP contribution in [0.1, 0.15) is 0 Å². The summed E-state index contributed by atoms with van der Waals surface area (Å²) in [7, 11) is -2.26. The van der Waals surface area contributed by atoms with Crippen molar-refractivity contribution in [3.05, 3.63) is 84.3 Å². The van der Waals surface area contributed by atoms with Crippen molar-refractivity contribution in [2.75, 3.05) is 11.8 Å². The van der Waals surface area contributed by atoms with Crippen molar-refractivity contribution in [3.63, 3.8) is 0 Å². The van der Waals surface area contributed by atoms with Crippen LogP contribution in [-0.4, -0.2) is 30.7 Å². The quantitative estimate of drug-likeness (QED) is 0.343. The Morgan fingerprint density at radius 1 is 1.00 bits per heavy atom. The number of fused-ring (bicyclic) bond motifs is 1. The third kappa shape index (κ3) is 4.20. The lowest BCUT2D eigenvalue weighted by molar-refractivity contribution is 0.416. The lowest BCUT2D eigenvalue weighted by Crippen LogP contribution is -2.12. The minimum absolute atomic E-state index is 0.0979. The molecule has 0 saturated carbocycles. The first-order valence-electron chi connectivity index (χ1n) is 10.1. The van der Waals surface area contributed by atoms with Gasteiger partial charge in [-0.1, -0.05) is 35.6 Å². The molecular weight excluding hydrogens is 475 g/mol. The fraction of sp³-hybridized carbons (Fsp3) is 0.0417. The molecule has 0 aliphatic carbocycles. The molecule has 10 heteroatoms. The minimum Gasteiger partial charge on any atom is -0.496 e. The van der Waals surface area contributed by atoms with E-state index in [0.717, 1.165) is 33.4 Å². The molecule has 0 aliphatic heterocycles. The van der Waals surface area contributed by atoms with Crippen molar-refractivity contribution in [1.29, 1.82) is 0 Å². The van der Waals surface area contributed by atoms with Crippen molar-refractivity contribution in [1.82, 2.24) is 15.2 Å². The number of pyridine rings is 1. The summed E-state index contributed by atoms with van der Waals surface area (Å²) in [5.41, 5.74) is 4.35. The van der Waals surface area contributed by atoms with E-state index in [1.807, 2.05) is 24.3 Å². The Morgan fingerprint density at radius 2 is 1.85 bits per heavy atom. The maximum absolute atomic E-state index is 13.7. The second kappa shape index (κ2) is 8.81. The van der Waals surface area contributed by atoms with E-state index in [1.54, 1.807) is 37.6 Å². The fourth-order valence-corrected chi connectivity index (χ4v) is 5.39. The van der Waals surface area contributed by atoms with E-state index in [1.165, 1.54) is 23.7 Å². The summed E-state index contributed by atoms with van der Waals surface area (Å²) < 4.78 is 47.3. The van der Waals surface area contributed by atoms with E-state index < -0.39 is 10.0 Å². The molecule has 34 heavy (non-hydrogen) atoms. The predicted molar refractivity (Wildman–Crippen MR) is 130 cm³/mol. The number of rotatable bonds is 6. The first kappa shape index (κ1) is 21.9. The molecule has 1 N–H and O–H groups in total. The Morgan fingerprint density at radius 3 is 2.62 bits per heavy atom. The van der Waals surface area contributed by atoms with E-state index in [2.05, 4.69) is 19.9 Å². The van der Waals surface area contributed by atoms with Crippen LogP contribution in [0.25, 0.3) is 33.2 Å². The van der Waals surface area contributed by atoms with Gasteiger partial charge in [-0.15, -0.1) is 10.2 Å². The van der Waals surface area contributed by atoms with Gasteiger partial charge in [0.15, 0.2) is 0 Å². The number of sulfonamides is 1. The van der Waals surface area contributed by atoms with Crippen LogP contribution in [0.4, 0.5) is 9.52 Å². The molecule has 0 fully saturated rings. The number of methoxy groups -OCH3 is 1. The second-order valence-corrected chi connectivity index (χ2v) is 9.83. The number of nitrogens with one attached hydrogen (secondary N) is 1. The number of nitrogens with zero attached hydrogens (tertiary/aromatic N) is 3. The molecule has 2 aromatic heterocycles. The van der Waals surface area contributed by atoms with Crippen molar-refractivity contribution in [2.24, 2.45) is 0 Å². The Bertz CT molecular complexity index is 1610. The van der Waals surface area contributed by atoms with E-state index in [0.29, 0.717) is 16.8 Å². The van der Waals surface area contributed by atoms with E-state index in [-0.39, 0.29) is 15.8 Å². The topological polar surface area (TPSA) is 94.1 Å². The van der Waals surface area contributed by atoms with Crippen LogP contribution in [0.5, 0.6) is 5.75 Å². The molecule has 0 saturated heterocycles. The van der Waals surface area contributed by atoms with Crippen molar-refractivity contribution in [2.45, 2.75) is 4.90 Å². The number of hydrogen-bond donors (Lipinski definition) is 1. The van der Waals surface area contributed by atoms with Gasteiger partial charge in [0.25, 0.3) is 10.0 Å². The van der Waals surface area contributed by atoms with Gasteiger partial charge in [-0.2, -0.15) is 0 Å². The molecule has 2 heterocycles. The molecule has 5 rings (SSSR count). The van der Waals surface area contributed by atoms with Gasteiger partial charge < -0.3 is 4.74 Å². The Hall–Kier alpha value is -3.89. The Balaban J connectivity index is 1.56. The highest BCUT2D eigenvalue weighted by molar-refractivity contribution is 7.93. The van der Waals surface area contributed by atoms with Crippen LogP contribution in [0.2, 0.25) is 0 Å². The zero-order valence-electron chi connectivity index (χ0n) is 17.8. The lowest BCUT2D eigenvalue weighted by atomic mass is 9.99. The van der Waals surface area contributed by atoms with Crippen LogP contribution in [0, 0.1) is 5.82 Å². The number of hydrogen-bond acceptors (Lipinski definition) is 7. The number of ether oxygens (including phenoxy) is 1. The normalized spacial score (nSPS) is 11.5. The maximum atomic E-state index is 13.7. The largest absolute Gasteiger partial charge is 0.496 e. The molecule has 0 aliphatic rings. The van der Waals surface area contributed by atoms with E-state index in [4.69, 9.17) is 4.74 Å². The van der Waals surface area contributed by atoms with Crippen LogP contribution in [0.15, 0.2) is 83.3 Å². The highest BCUT2D eigenvalue weighted by Gasteiger charge is 2.18. The molecule has 3 aromatic carbocycles. The van der Waals surface area contributed by atoms with Gasteiger partial charge in [0.05, 0.1) is 17.7 Å². The molecule has 0 unspecified atom stereocenters.